The summed E-state index contributed by atoms with van der Waals surface area (Å²) in [6, 6.07) is 5.58. The Balaban J connectivity index is 2.02. The van der Waals surface area contributed by atoms with E-state index in [1.807, 2.05) is 23.6 Å². The number of carbonyl (C=O) groups is 1. The molecule has 4 nitrogen and oxygen atoms in total. The molecule has 0 atom stereocenters. The molecule has 2 heterocycles. The standard InChI is InChI=1S/C14H13N3OS/c15-6-1-4-12-5-8-19-13(12)14(18)17-10-11-3-2-7-16-9-11/h2-3,5,7-9H,6,10,15H2,(H,17,18). The van der Waals surface area contributed by atoms with Gasteiger partial charge in [0.15, 0.2) is 0 Å². The molecule has 0 aromatic carbocycles. The van der Waals surface area contributed by atoms with Crippen LogP contribution >= 0.6 is 11.3 Å². The Morgan fingerprint density at radius 2 is 2.37 bits per heavy atom. The maximum atomic E-state index is 12.0. The molecule has 2 rings (SSSR count). The number of hydrogen-bond acceptors (Lipinski definition) is 4. The van der Waals surface area contributed by atoms with E-state index in [2.05, 4.69) is 22.1 Å². The van der Waals surface area contributed by atoms with Gasteiger partial charge in [-0.2, -0.15) is 0 Å². The molecular formula is C14H13N3OS. The molecule has 0 spiro atoms. The van der Waals surface area contributed by atoms with Crippen LogP contribution in [0.15, 0.2) is 36.0 Å². The highest BCUT2D eigenvalue weighted by Gasteiger charge is 2.11. The molecule has 0 aliphatic heterocycles. The summed E-state index contributed by atoms with van der Waals surface area (Å²) in [5.41, 5.74) is 7.01. The second-order valence-corrected chi connectivity index (χ2v) is 4.63. The highest BCUT2D eigenvalue weighted by atomic mass is 32.1. The molecule has 0 radical (unpaired) electrons. The van der Waals surface area contributed by atoms with Crippen LogP contribution in [0.25, 0.3) is 0 Å². The number of rotatable bonds is 3. The molecule has 0 saturated carbocycles. The predicted molar refractivity (Wildman–Crippen MR) is 75.7 cm³/mol. The Morgan fingerprint density at radius 3 is 3.11 bits per heavy atom. The second-order valence-electron chi connectivity index (χ2n) is 3.71. The van der Waals surface area contributed by atoms with Crippen molar-refractivity contribution in [3.05, 3.63) is 52.0 Å². The van der Waals surface area contributed by atoms with Crippen LogP contribution in [0.3, 0.4) is 0 Å². The van der Waals surface area contributed by atoms with Crippen molar-refractivity contribution in [2.45, 2.75) is 6.54 Å². The van der Waals surface area contributed by atoms with Crippen LogP contribution in [0.4, 0.5) is 0 Å². The molecule has 2 aromatic heterocycles. The normalized spacial score (nSPS) is 9.53. The van der Waals surface area contributed by atoms with Gasteiger partial charge in [-0.3, -0.25) is 9.78 Å². The van der Waals surface area contributed by atoms with E-state index in [-0.39, 0.29) is 12.5 Å². The van der Waals surface area contributed by atoms with Crippen LogP contribution in [0.2, 0.25) is 0 Å². The van der Waals surface area contributed by atoms with Crippen molar-refractivity contribution in [3.8, 4) is 11.8 Å². The SMILES string of the molecule is NCC#Cc1ccsc1C(=O)NCc1cccnc1. The van der Waals surface area contributed by atoms with E-state index in [1.54, 1.807) is 12.4 Å². The summed E-state index contributed by atoms with van der Waals surface area (Å²) in [4.78, 5) is 16.7. The molecule has 0 bridgehead atoms. The topological polar surface area (TPSA) is 68.0 Å². The monoisotopic (exact) mass is 271 g/mol. The maximum Gasteiger partial charge on any atom is 0.262 e. The van der Waals surface area contributed by atoms with Gasteiger partial charge in [0.05, 0.1) is 6.54 Å². The molecule has 2 aromatic rings. The molecule has 19 heavy (non-hydrogen) atoms. The fourth-order valence-electron chi connectivity index (χ4n) is 1.50. The smallest absolute Gasteiger partial charge is 0.262 e. The highest BCUT2D eigenvalue weighted by molar-refractivity contribution is 7.12. The lowest BCUT2D eigenvalue weighted by Gasteiger charge is -2.03. The van der Waals surface area contributed by atoms with Gasteiger partial charge in [-0.1, -0.05) is 17.9 Å². The van der Waals surface area contributed by atoms with Crippen LogP contribution in [-0.4, -0.2) is 17.4 Å². The number of nitrogens with zero attached hydrogens (tertiary/aromatic N) is 1. The summed E-state index contributed by atoms with van der Waals surface area (Å²) in [6.07, 6.45) is 3.43. The van der Waals surface area contributed by atoms with Crippen molar-refractivity contribution in [1.29, 1.82) is 0 Å². The van der Waals surface area contributed by atoms with Gasteiger partial charge in [0.25, 0.3) is 5.91 Å². The van der Waals surface area contributed by atoms with E-state index in [0.717, 1.165) is 11.1 Å². The predicted octanol–water partition coefficient (Wildman–Crippen LogP) is 1.38. The molecule has 0 unspecified atom stereocenters. The lowest BCUT2D eigenvalue weighted by molar-refractivity contribution is 0.0955. The molecular weight excluding hydrogens is 258 g/mol. The van der Waals surface area contributed by atoms with Gasteiger partial charge in [0, 0.05) is 24.5 Å². The van der Waals surface area contributed by atoms with Crippen molar-refractivity contribution in [2.24, 2.45) is 5.73 Å². The zero-order chi connectivity index (χ0) is 13.5. The van der Waals surface area contributed by atoms with Crippen LogP contribution < -0.4 is 11.1 Å². The molecule has 1 amide bonds. The molecule has 96 valence electrons. The minimum absolute atomic E-state index is 0.125. The zero-order valence-corrected chi connectivity index (χ0v) is 11.0. The van der Waals surface area contributed by atoms with E-state index >= 15 is 0 Å². The van der Waals surface area contributed by atoms with Gasteiger partial charge < -0.3 is 11.1 Å². The number of nitrogens with one attached hydrogen (secondary N) is 1. The summed E-state index contributed by atoms with van der Waals surface area (Å²) < 4.78 is 0. The van der Waals surface area contributed by atoms with Gasteiger partial charge in [-0.25, -0.2) is 0 Å². The average Bonchev–Trinajstić information content (AvgIpc) is 2.92. The Bertz CT molecular complexity index is 610. The van der Waals surface area contributed by atoms with E-state index < -0.39 is 0 Å². The number of amides is 1. The molecule has 3 N–H and O–H groups in total. The Morgan fingerprint density at radius 1 is 1.47 bits per heavy atom. The highest BCUT2D eigenvalue weighted by Crippen LogP contribution is 2.15. The van der Waals surface area contributed by atoms with Crippen LogP contribution in [0.1, 0.15) is 20.8 Å². The number of hydrogen-bond donors (Lipinski definition) is 2. The van der Waals surface area contributed by atoms with Gasteiger partial charge in [0.1, 0.15) is 4.88 Å². The van der Waals surface area contributed by atoms with E-state index in [9.17, 15) is 4.79 Å². The van der Waals surface area contributed by atoms with Crippen molar-refractivity contribution in [2.75, 3.05) is 6.54 Å². The van der Waals surface area contributed by atoms with Crippen LogP contribution in [0, 0.1) is 11.8 Å². The van der Waals surface area contributed by atoms with Crippen molar-refractivity contribution in [1.82, 2.24) is 10.3 Å². The fraction of sp³-hybridized carbons (Fsp3) is 0.143. The zero-order valence-electron chi connectivity index (χ0n) is 10.2. The summed E-state index contributed by atoms with van der Waals surface area (Å²) >= 11 is 1.37. The van der Waals surface area contributed by atoms with Gasteiger partial charge in [-0.15, -0.1) is 11.3 Å². The summed E-state index contributed by atoms with van der Waals surface area (Å²) in [6.45, 7) is 0.737. The van der Waals surface area contributed by atoms with Crippen molar-refractivity contribution >= 4 is 17.2 Å². The van der Waals surface area contributed by atoms with E-state index in [1.165, 1.54) is 11.3 Å². The van der Waals surface area contributed by atoms with Crippen molar-refractivity contribution < 1.29 is 4.79 Å². The first-order chi connectivity index (χ1) is 9.31. The maximum absolute atomic E-state index is 12.0. The first kappa shape index (κ1) is 13.3. The van der Waals surface area contributed by atoms with Gasteiger partial charge in [-0.05, 0) is 23.1 Å². The van der Waals surface area contributed by atoms with Crippen LogP contribution in [-0.2, 0) is 6.54 Å². The molecule has 0 fully saturated rings. The number of thiophene rings is 1. The number of nitrogens with two attached hydrogens (primary N) is 1. The first-order valence-corrected chi connectivity index (χ1v) is 6.62. The van der Waals surface area contributed by atoms with E-state index in [0.29, 0.717) is 11.4 Å². The summed E-state index contributed by atoms with van der Waals surface area (Å²) in [5.74, 6) is 5.52. The van der Waals surface area contributed by atoms with Gasteiger partial charge >= 0.3 is 0 Å². The fourth-order valence-corrected chi connectivity index (χ4v) is 2.26. The Hall–Kier alpha value is -2.16. The minimum Gasteiger partial charge on any atom is -0.347 e. The second kappa shape index (κ2) is 6.69. The molecule has 0 aliphatic rings. The molecule has 5 heteroatoms. The first-order valence-electron chi connectivity index (χ1n) is 5.75. The third-order valence-electron chi connectivity index (χ3n) is 2.37. The largest absolute Gasteiger partial charge is 0.347 e. The van der Waals surface area contributed by atoms with Crippen LogP contribution in [0.5, 0.6) is 0 Å². The number of aromatic nitrogens is 1. The molecule has 0 saturated heterocycles. The minimum atomic E-state index is -0.125. The number of pyridine rings is 1. The molecule has 0 aliphatic carbocycles. The Kier molecular flexibility index (Phi) is 4.67. The van der Waals surface area contributed by atoms with E-state index in [4.69, 9.17) is 5.73 Å². The third kappa shape index (κ3) is 3.65. The third-order valence-corrected chi connectivity index (χ3v) is 3.29. The quantitative estimate of drug-likeness (QED) is 0.829. The lowest BCUT2D eigenvalue weighted by atomic mass is 10.2. The summed E-state index contributed by atoms with van der Waals surface area (Å²) in [7, 11) is 0. The number of carbonyl (C=O) groups excluding carboxylic acids is 1. The Labute approximate surface area is 115 Å². The van der Waals surface area contributed by atoms with Gasteiger partial charge in [0.2, 0.25) is 0 Å². The average molecular weight is 271 g/mol. The van der Waals surface area contributed by atoms with Crippen molar-refractivity contribution in [3.63, 3.8) is 0 Å². The summed E-state index contributed by atoms with van der Waals surface area (Å²) in [5, 5.41) is 4.70. The lowest BCUT2D eigenvalue weighted by Crippen LogP contribution is -2.22.